The molecule has 1 saturated carbocycles. The second kappa shape index (κ2) is 5.59. The highest BCUT2D eigenvalue weighted by Crippen LogP contribution is 2.47. The van der Waals surface area contributed by atoms with E-state index in [0.29, 0.717) is 23.7 Å². The Morgan fingerprint density at radius 2 is 2.21 bits per heavy atom. The van der Waals surface area contributed by atoms with Crippen LogP contribution in [0.4, 0.5) is 4.39 Å². The maximum Gasteiger partial charge on any atom is 0.303 e. The monoisotopic (exact) mass is 266 g/mol. The highest BCUT2D eigenvalue weighted by atomic mass is 19.1. The Labute approximate surface area is 112 Å². The Morgan fingerprint density at radius 3 is 2.68 bits per heavy atom. The van der Waals surface area contributed by atoms with E-state index in [0.717, 1.165) is 18.4 Å². The Balaban J connectivity index is 2.41. The molecule has 0 aromatic heterocycles. The molecular formula is C15H19FO3. The normalized spacial score (nSPS) is 16.2. The summed E-state index contributed by atoms with van der Waals surface area (Å²) in [4.78, 5) is 11.0. The Morgan fingerprint density at radius 1 is 1.53 bits per heavy atom. The number of halogens is 1. The lowest BCUT2D eigenvalue weighted by Crippen LogP contribution is -2.11. The van der Waals surface area contributed by atoms with E-state index in [1.807, 2.05) is 6.92 Å². The maximum absolute atomic E-state index is 13.8. The number of aryl methyl sites for hydroxylation is 1. The third-order valence-electron chi connectivity index (χ3n) is 3.76. The second-order valence-corrected chi connectivity index (χ2v) is 5.08. The smallest absolute Gasteiger partial charge is 0.303 e. The zero-order chi connectivity index (χ0) is 14.0. The van der Waals surface area contributed by atoms with Crippen molar-refractivity contribution < 1.29 is 19.0 Å². The molecule has 104 valence electrons. The summed E-state index contributed by atoms with van der Waals surface area (Å²) in [5.41, 5.74) is 1.46. The highest BCUT2D eigenvalue weighted by Gasteiger charge is 2.35. The molecule has 2 rings (SSSR count). The van der Waals surface area contributed by atoms with Crippen molar-refractivity contribution in [1.82, 2.24) is 0 Å². The fourth-order valence-electron chi connectivity index (χ4n) is 2.57. The van der Waals surface area contributed by atoms with E-state index < -0.39 is 5.97 Å². The van der Waals surface area contributed by atoms with Gasteiger partial charge in [0.05, 0.1) is 13.5 Å². The van der Waals surface area contributed by atoms with Gasteiger partial charge in [0.1, 0.15) is 11.6 Å². The lowest BCUT2D eigenvalue weighted by molar-refractivity contribution is -0.137. The summed E-state index contributed by atoms with van der Waals surface area (Å²) >= 11 is 0. The van der Waals surface area contributed by atoms with Crippen LogP contribution >= 0.6 is 0 Å². The van der Waals surface area contributed by atoms with Crippen LogP contribution in [-0.2, 0) is 11.2 Å². The number of hydrogen-bond donors (Lipinski definition) is 1. The van der Waals surface area contributed by atoms with Crippen molar-refractivity contribution in [2.24, 2.45) is 5.92 Å². The van der Waals surface area contributed by atoms with E-state index >= 15 is 0 Å². The lowest BCUT2D eigenvalue weighted by atomic mass is 9.88. The molecule has 0 saturated heterocycles. The second-order valence-electron chi connectivity index (χ2n) is 5.08. The third-order valence-corrected chi connectivity index (χ3v) is 3.76. The predicted octanol–water partition coefficient (Wildman–Crippen LogP) is 3.37. The number of benzene rings is 1. The molecule has 0 spiro atoms. The van der Waals surface area contributed by atoms with Crippen LogP contribution in [0.2, 0.25) is 0 Å². The summed E-state index contributed by atoms with van der Waals surface area (Å²) in [6, 6.07) is 3.16. The summed E-state index contributed by atoms with van der Waals surface area (Å²) in [7, 11) is 1.49. The van der Waals surface area contributed by atoms with Gasteiger partial charge in [-0.05, 0) is 42.4 Å². The molecule has 4 heteroatoms. The molecule has 3 nitrogen and oxygen atoms in total. The summed E-state index contributed by atoms with van der Waals surface area (Å²) in [5, 5.41) is 9.05. The van der Waals surface area contributed by atoms with Gasteiger partial charge < -0.3 is 9.84 Å². The standard InChI is InChI=1S/C15H19FO3/c1-3-9-6-12(14(19-2)8-13(9)16)11(7-15(17)18)10-4-5-10/h6,8,10-11H,3-5,7H2,1-2H3,(H,17,18). The summed E-state index contributed by atoms with van der Waals surface area (Å²) < 4.78 is 19.0. The number of aliphatic carboxylic acids is 1. The molecule has 1 fully saturated rings. The van der Waals surface area contributed by atoms with Crippen LogP contribution in [0, 0.1) is 11.7 Å². The topological polar surface area (TPSA) is 46.5 Å². The van der Waals surface area contributed by atoms with E-state index in [1.165, 1.54) is 13.2 Å². The fraction of sp³-hybridized carbons (Fsp3) is 0.533. The van der Waals surface area contributed by atoms with E-state index in [1.54, 1.807) is 6.07 Å². The molecule has 0 aliphatic heterocycles. The molecule has 0 heterocycles. The van der Waals surface area contributed by atoms with Crippen molar-refractivity contribution in [3.63, 3.8) is 0 Å². The van der Waals surface area contributed by atoms with Crippen molar-refractivity contribution >= 4 is 5.97 Å². The van der Waals surface area contributed by atoms with Gasteiger partial charge in [-0.2, -0.15) is 0 Å². The van der Waals surface area contributed by atoms with Gasteiger partial charge in [0, 0.05) is 12.0 Å². The molecule has 1 aliphatic carbocycles. The predicted molar refractivity (Wildman–Crippen MR) is 70.0 cm³/mol. The van der Waals surface area contributed by atoms with Crippen LogP contribution in [-0.4, -0.2) is 18.2 Å². The number of ether oxygens (including phenoxy) is 1. The largest absolute Gasteiger partial charge is 0.496 e. The number of hydrogen-bond acceptors (Lipinski definition) is 2. The molecule has 0 bridgehead atoms. The van der Waals surface area contributed by atoms with Crippen molar-refractivity contribution in [1.29, 1.82) is 0 Å². The molecule has 1 aromatic rings. The Kier molecular flexibility index (Phi) is 4.08. The van der Waals surface area contributed by atoms with Gasteiger partial charge in [0.2, 0.25) is 0 Å². The van der Waals surface area contributed by atoms with Crippen LogP contribution in [0.3, 0.4) is 0 Å². The summed E-state index contributed by atoms with van der Waals surface area (Å²) in [6.45, 7) is 1.89. The van der Waals surface area contributed by atoms with Crippen LogP contribution < -0.4 is 4.74 Å². The molecule has 19 heavy (non-hydrogen) atoms. The SMILES string of the molecule is CCc1cc(C(CC(=O)O)C2CC2)c(OC)cc1F. The minimum absolute atomic E-state index is 0.0710. The highest BCUT2D eigenvalue weighted by molar-refractivity contribution is 5.68. The minimum atomic E-state index is -0.818. The van der Waals surface area contributed by atoms with Crippen molar-refractivity contribution in [3.8, 4) is 5.75 Å². The first kappa shape index (κ1) is 13.8. The van der Waals surface area contributed by atoms with Gasteiger partial charge in [-0.3, -0.25) is 4.79 Å². The molecular weight excluding hydrogens is 247 g/mol. The van der Waals surface area contributed by atoms with Gasteiger partial charge in [0.15, 0.2) is 0 Å². The van der Waals surface area contributed by atoms with Crippen LogP contribution in [0.25, 0.3) is 0 Å². The van der Waals surface area contributed by atoms with Gasteiger partial charge in [-0.1, -0.05) is 6.92 Å². The number of methoxy groups -OCH3 is 1. The van der Waals surface area contributed by atoms with Gasteiger partial charge >= 0.3 is 5.97 Å². The zero-order valence-corrected chi connectivity index (χ0v) is 11.3. The number of carbonyl (C=O) groups is 1. The van der Waals surface area contributed by atoms with Gasteiger partial charge in [-0.15, -0.1) is 0 Å². The van der Waals surface area contributed by atoms with E-state index in [-0.39, 0.29) is 18.2 Å². The Bertz CT molecular complexity index is 481. The third kappa shape index (κ3) is 3.06. The molecule has 0 radical (unpaired) electrons. The molecule has 1 aromatic carbocycles. The molecule has 1 N–H and O–H groups in total. The molecule has 1 aliphatic rings. The zero-order valence-electron chi connectivity index (χ0n) is 11.3. The number of carboxylic acids is 1. The first-order chi connectivity index (χ1) is 9.06. The minimum Gasteiger partial charge on any atom is -0.496 e. The first-order valence-electron chi connectivity index (χ1n) is 6.64. The van der Waals surface area contributed by atoms with Gasteiger partial charge in [-0.25, -0.2) is 4.39 Å². The number of carboxylic acid groups (broad SMARTS) is 1. The van der Waals surface area contributed by atoms with E-state index in [2.05, 4.69) is 0 Å². The summed E-state index contributed by atoms with van der Waals surface area (Å²) in [5.74, 6) is -0.319. The van der Waals surface area contributed by atoms with E-state index in [9.17, 15) is 9.18 Å². The maximum atomic E-state index is 13.8. The van der Waals surface area contributed by atoms with E-state index in [4.69, 9.17) is 9.84 Å². The first-order valence-corrected chi connectivity index (χ1v) is 6.64. The van der Waals surface area contributed by atoms with Crippen molar-refractivity contribution in [2.45, 2.75) is 38.5 Å². The average molecular weight is 266 g/mol. The fourth-order valence-corrected chi connectivity index (χ4v) is 2.57. The van der Waals surface area contributed by atoms with Crippen LogP contribution in [0.5, 0.6) is 5.75 Å². The van der Waals surface area contributed by atoms with Crippen molar-refractivity contribution in [3.05, 3.63) is 29.1 Å². The quantitative estimate of drug-likeness (QED) is 0.858. The van der Waals surface area contributed by atoms with Crippen LogP contribution in [0.1, 0.15) is 43.2 Å². The van der Waals surface area contributed by atoms with Crippen LogP contribution in [0.15, 0.2) is 12.1 Å². The average Bonchev–Trinajstić information content (AvgIpc) is 3.19. The van der Waals surface area contributed by atoms with Crippen molar-refractivity contribution in [2.75, 3.05) is 7.11 Å². The Hall–Kier alpha value is -1.58. The molecule has 1 unspecified atom stereocenters. The lowest BCUT2D eigenvalue weighted by Gasteiger charge is -2.19. The number of rotatable bonds is 6. The van der Waals surface area contributed by atoms with Gasteiger partial charge in [0.25, 0.3) is 0 Å². The molecule has 0 amide bonds. The molecule has 1 atom stereocenters. The summed E-state index contributed by atoms with van der Waals surface area (Å²) in [6.07, 6.45) is 2.75.